The van der Waals surface area contributed by atoms with Crippen molar-refractivity contribution in [2.24, 2.45) is 0 Å². The van der Waals surface area contributed by atoms with Crippen molar-refractivity contribution in [1.82, 2.24) is 4.90 Å². The van der Waals surface area contributed by atoms with Crippen LogP contribution in [0.25, 0.3) is 0 Å². The van der Waals surface area contributed by atoms with E-state index in [-0.39, 0.29) is 25.1 Å². The summed E-state index contributed by atoms with van der Waals surface area (Å²) in [5.41, 5.74) is -1.90. The number of ether oxygens (including phenoxy) is 2. The molecule has 0 radical (unpaired) electrons. The molecule has 1 aliphatic heterocycles. The smallest absolute Gasteiger partial charge is 0.425 e. The van der Waals surface area contributed by atoms with Crippen LogP contribution in [-0.2, 0) is 15.7 Å². The standard InChI is InChI=1S/C16H18F3NO5S/c1-3-5-11-15(13(21)22,6-4-7-20(11)14(23)24-2)25-10-8-12(26-9-10)16(17,18)19/h3,8-9,11H,1,4-7H2,2H3,(H,21,22). The predicted octanol–water partition coefficient (Wildman–Crippen LogP) is 3.78. The molecular weight excluding hydrogens is 375 g/mol. The molecule has 144 valence electrons. The van der Waals surface area contributed by atoms with Crippen molar-refractivity contribution in [2.75, 3.05) is 13.7 Å². The second-order valence-electron chi connectivity index (χ2n) is 5.75. The van der Waals surface area contributed by atoms with E-state index in [1.54, 1.807) is 0 Å². The van der Waals surface area contributed by atoms with Crippen molar-refractivity contribution in [3.05, 3.63) is 29.0 Å². The molecule has 26 heavy (non-hydrogen) atoms. The number of nitrogens with zero attached hydrogens (tertiary/aromatic N) is 1. The van der Waals surface area contributed by atoms with Crippen LogP contribution in [0.4, 0.5) is 18.0 Å². The first-order chi connectivity index (χ1) is 12.2. The number of likely N-dealkylation sites (tertiary alicyclic amines) is 1. The second kappa shape index (κ2) is 7.56. The Bertz CT molecular complexity index is 690. The fourth-order valence-electron chi connectivity index (χ4n) is 3.04. The Kier molecular flexibility index (Phi) is 5.84. The topological polar surface area (TPSA) is 76.1 Å². The van der Waals surface area contributed by atoms with E-state index < -0.39 is 34.8 Å². The molecule has 1 aliphatic rings. The average Bonchev–Trinajstić information content (AvgIpc) is 3.04. The molecule has 0 saturated carbocycles. The summed E-state index contributed by atoms with van der Waals surface area (Å²) in [6.07, 6.45) is -3.43. The summed E-state index contributed by atoms with van der Waals surface area (Å²) in [5, 5.41) is 10.9. The van der Waals surface area contributed by atoms with Gasteiger partial charge in [-0.05, 0) is 12.8 Å². The number of amides is 1. The molecule has 1 amide bonds. The van der Waals surface area contributed by atoms with Crippen LogP contribution in [0.2, 0.25) is 0 Å². The highest BCUT2D eigenvalue weighted by atomic mass is 32.1. The Morgan fingerprint density at radius 1 is 1.54 bits per heavy atom. The normalized spacial score (nSPS) is 23.4. The summed E-state index contributed by atoms with van der Waals surface area (Å²) >= 11 is 0.413. The number of thiophene rings is 1. The van der Waals surface area contributed by atoms with Gasteiger partial charge in [0.1, 0.15) is 10.6 Å². The summed E-state index contributed by atoms with van der Waals surface area (Å²) in [7, 11) is 1.17. The number of carboxylic acids is 1. The molecule has 0 bridgehead atoms. The van der Waals surface area contributed by atoms with E-state index in [9.17, 15) is 27.9 Å². The van der Waals surface area contributed by atoms with Crippen LogP contribution in [-0.4, -0.2) is 47.4 Å². The van der Waals surface area contributed by atoms with Crippen LogP contribution in [0.1, 0.15) is 24.1 Å². The SMILES string of the molecule is C=CCC1N(C(=O)OC)CCCC1(Oc1csc(C(F)(F)F)c1)C(=O)O. The summed E-state index contributed by atoms with van der Waals surface area (Å²) in [5.74, 6) is -1.57. The Morgan fingerprint density at radius 3 is 2.73 bits per heavy atom. The Morgan fingerprint density at radius 2 is 2.23 bits per heavy atom. The van der Waals surface area contributed by atoms with Crippen molar-refractivity contribution >= 4 is 23.4 Å². The zero-order chi connectivity index (χ0) is 19.5. The molecule has 1 saturated heterocycles. The number of alkyl halides is 3. The molecule has 6 nitrogen and oxygen atoms in total. The first-order valence-electron chi connectivity index (χ1n) is 7.69. The zero-order valence-corrected chi connectivity index (χ0v) is 14.7. The molecule has 2 rings (SSSR count). The lowest BCUT2D eigenvalue weighted by atomic mass is 9.82. The molecule has 0 aromatic carbocycles. The zero-order valence-electron chi connectivity index (χ0n) is 13.9. The maximum Gasteiger partial charge on any atom is 0.425 e. The maximum atomic E-state index is 12.8. The summed E-state index contributed by atoms with van der Waals surface area (Å²) in [6, 6.07) is -0.204. The van der Waals surface area contributed by atoms with Crippen molar-refractivity contribution in [1.29, 1.82) is 0 Å². The molecule has 0 aliphatic carbocycles. The summed E-state index contributed by atoms with van der Waals surface area (Å²) < 4.78 is 48.7. The van der Waals surface area contributed by atoms with Gasteiger partial charge in [0.2, 0.25) is 5.60 Å². The third-order valence-corrected chi connectivity index (χ3v) is 5.13. The van der Waals surface area contributed by atoms with Gasteiger partial charge in [0.05, 0.1) is 13.2 Å². The molecular formula is C16H18F3NO5S. The van der Waals surface area contributed by atoms with E-state index in [0.717, 1.165) is 11.4 Å². The van der Waals surface area contributed by atoms with Gasteiger partial charge in [-0.3, -0.25) is 0 Å². The Hall–Kier alpha value is -2.23. The highest BCUT2D eigenvalue weighted by Gasteiger charge is 2.54. The Labute approximate surface area is 151 Å². The van der Waals surface area contributed by atoms with E-state index >= 15 is 0 Å². The second-order valence-corrected chi connectivity index (χ2v) is 6.66. The van der Waals surface area contributed by atoms with Gasteiger partial charge in [-0.1, -0.05) is 6.08 Å². The minimum atomic E-state index is -4.55. The predicted molar refractivity (Wildman–Crippen MR) is 87.3 cm³/mol. The van der Waals surface area contributed by atoms with Crippen LogP contribution in [0.3, 0.4) is 0 Å². The van der Waals surface area contributed by atoms with Crippen LogP contribution in [0, 0.1) is 0 Å². The van der Waals surface area contributed by atoms with Crippen LogP contribution < -0.4 is 4.74 Å². The van der Waals surface area contributed by atoms with Crippen LogP contribution in [0.15, 0.2) is 24.1 Å². The van der Waals surface area contributed by atoms with Gasteiger partial charge in [-0.15, -0.1) is 17.9 Å². The molecule has 2 unspecified atom stereocenters. The number of carbonyl (C=O) groups excluding carboxylic acids is 1. The molecule has 1 aromatic rings. The Balaban J connectivity index is 2.42. The largest absolute Gasteiger partial charge is 0.478 e. The van der Waals surface area contributed by atoms with Crippen molar-refractivity contribution in [3.8, 4) is 5.75 Å². The molecule has 10 heteroatoms. The van der Waals surface area contributed by atoms with Gasteiger partial charge >= 0.3 is 18.2 Å². The minimum absolute atomic E-state index is 0.0333. The highest BCUT2D eigenvalue weighted by molar-refractivity contribution is 7.10. The van der Waals surface area contributed by atoms with Gasteiger partial charge in [0.15, 0.2) is 0 Å². The number of hydrogen-bond acceptors (Lipinski definition) is 5. The molecule has 1 aromatic heterocycles. The van der Waals surface area contributed by atoms with E-state index in [1.165, 1.54) is 18.1 Å². The first-order valence-corrected chi connectivity index (χ1v) is 8.57. The highest BCUT2D eigenvalue weighted by Crippen LogP contribution is 2.40. The lowest BCUT2D eigenvalue weighted by Gasteiger charge is -2.45. The number of piperidine rings is 1. The molecule has 0 spiro atoms. The molecule has 2 heterocycles. The molecule has 2 atom stereocenters. The number of rotatable bonds is 5. The quantitative estimate of drug-likeness (QED) is 0.771. The van der Waals surface area contributed by atoms with E-state index in [0.29, 0.717) is 17.8 Å². The lowest BCUT2D eigenvalue weighted by Crippen LogP contribution is -2.65. The minimum Gasteiger partial charge on any atom is -0.478 e. The van der Waals surface area contributed by atoms with Gasteiger partial charge < -0.3 is 19.5 Å². The number of methoxy groups -OCH3 is 1. The molecule has 1 fully saturated rings. The van der Waals surface area contributed by atoms with Gasteiger partial charge in [-0.25, -0.2) is 9.59 Å². The third kappa shape index (κ3) is 3.79. The monoisotopic (exact) mass is 393 g/mol. The number of carboxylic acid groups (broad SMARTS) is 1. The number of carbonyl (C=O) groups is 2. The maximum absolute atomic E-state index is 12.8. The number of aliphatic carboxylic acids is 1. The first kappa shape index (κ1) is 20.1. The van der Waals surface area contributed by atoms with Crippen molar-refractivity contribution in [2.45, 2.75) is 37.1 Å². The van der Waals surface area contributed by atoms with E-state index in [1.807, 2.05) is 0 Å². The fraction of sp³-hybridized carbons (Fsp3) is 0.500. The van der Waals surface area contributed by atoms with Crippen molar-refractivity contribution in [3.63, 3.8) is 0 Å². The summed E-state index contributed by atoms with van der Waals surface area (Å²) in [6.45, 7) is 3.82. The van der Waals surface area contributed by atoms with Crippen molar-refractivity contribution < 1.29 is 37.3 Å². The van der Waals surface area contributed by atoms with Gasteiger partial charge in [0.25, 0.3) is 0 Å². The molecule has 1 N–H and O–H groups in total. The van der Waals surface area contributed by atoms with Gasteiger partial charge in [0, 0.05) is 24.4 Å². The number of hydrogen-bond donors (Lipinski definition) is 1. The third-order valence-electron chi connectivity index (χ3n) is 4.18. The average molecular weight is 393 g/mol. The van der Waals surface area contributed by atoms with Crippen LogP contribution >= 0.6 is 11.3 Å². The fourth-order valence-corrected chi connectivity index (χ4v) is 3.72. The van der Waals surface area contributed by atoms with E-state index in [4.69, 9.17) is 9.47 Å². The lowest BCUT2D eigenvalue weighted by molar-refractivity contribution is -0.166. The number of halogens is 3. The summed E-state index contributed by atoms with van der Waals surface area (Å²) in [4.78, 5) is 24.4. The van der Waals surface area contributed by atoms with Gasteiger partial charge in [-0.2, -0.15) is 13.2 Å². The van der Waals surface area contributed by atoms with E-state index in [2.05, 4.69) is 6.58 Å². The van der Waals surface area contributed by atoms with Crippen LogP contribution in [0.5, 0.6) is 5.75 Å².